The quantitative estimate of drug-likeness (QED) is 0.516. The second kappa shape index (κ2) is 8.10. The fourth-order valence-corrected chi connectivity index (χ4v) is 5.93. The maximum Gasteiger partial charge on any atom is 0.239 e. The van der Waals surface area contributed by atoms with Gasteiger partial charge in [0.15, 0.2) is 0 Å². The fourth-order valence-electron chi connectivity index (χ4n) is 4.85. The maximum atomic E-state index is 13.3. The molecule has 1 aromatic carbocycles. The molecule has 3 aliphatic rings. The molecule has 2 fully saturated rings. The third kappa shape index (κ3) is 4.25. The van der Waals surface area contributed by atoms with Gasteiger partial charge in [-0.1, -0.05) is 5.24 Å². The highest BCUT2D eigenvalue weighted by atomic mass is 32.2. The lowest BCUT2D eigenvalue weighted by molar-refractivity contribution is -0.121. The van der Waals surface area contributed by atoms with Gasteiger partial charge in [0.2, 0.25) is 21.9 Å². The van der Waals surface area contributed by atoms with Crippen LogP contribution in [0.25, 0.3) is 0 Å². The molecular formula is C21H22B3N5O4S. The minimum atomic E-state index is -4.00. The number of fused-ring (bicyclic) bond motifs is 2. The Balaban J connectivity index is 1.39. The molecule has 170 valence electrons. The molecule has 1 spiro atoms. The predicted octanol–water partition coefficient (Wildman–Crippen LogP) is 0.297. The van der Waals surface area contributed by atoms with Crippen LogP contribution in [-0.2, 0) is 20.2 Å². The first-order valence-corrected chi connectivity index (χ1v) is 12.6. The summed E-state index contributed by atoms with van der Waals surface area (Å²) in [6.45, 7) is 0. The van der Waals surface area contributed by atoms with Crippen LogP contribution < -0.4 is 14.9 Å². The van der Waals surface area contributed by atoms with E-state index >= 15 is 0 Å². The van der Waals surface area contributed by atoms with Crippen molar-refractivity contribution in [2.45, 2.75) is 66.2 Å². The number of hydrogen-bond acceptors (Lipinski definition) is 7. The molecule has 0 unspecified atom stereocenters. The Morgan fingerprint density at radius 2 is 1.85 bits per heavy atom. The van der Waals surface area contributed by atoms with Crippen molar-refractivity contribution >= 4 is 56.9 Å². The van der Waals surface area contributed by atoms with Crippen molar-refractivity contribution in [2.24, 2.45) is 0 Å². The maximum absolute atomic E-state index is 13.3. The summed E-state index contributed by atoms with van der Waals surface area (Å²) in [5.41, 5.74) is 0.858. The lowest BCUT2D eigenvalue weighted by Crippen LogP contribution is -2.49. The van der Waals surface area contributed by atoms with Gasteiger partial charge in [0.1, 0.15) is 5.82 Å². The standard InChI is InChI=1S/C21H22B3N5O4S/c22-21(23,24)28-34(32,33)15-6-4-12(5-7-15)26-19-25-11-16-17(27-19)29(18(31)20(16)8-9-20)13-2-1-3-14(30)10-13/h4-7,11,13-14,28,30H,1-3,8-10H2,(H,25,26,27)/t13-,14-/m1/s1. The Labute approximate surface area is 202 Å². The number of rotatable bonds is 6. The summed E-state index contributed by atoms with van der Waals surface area (Å²) < 4.78 is 26.6. The molecule has 2 saturated carbocycles. The summed E-state index contributed by atoms with van der Waals surface area (Å²) in [5.74, 6) is 0.919. The molecule has 2 aromatic rings. The third-order valence-corrected chi connectivity index (χ3v) is 8.12. The average molecular weight is 473 g/mol. The van der Waals surface area contributed by atoms with Crippen molar-refractivity contribution in [3.05, 3.63) is 36.0 Å². The molecule has 1 amide bonds. The molecule has 6 radical (unpaired) electrons. The van der Waals surface area contributed by atoms with Gasteiger partial charge in [0.05, 0.1) is 40.0 Å². The minimum Gasteiger partial charge on any atom is -0.393 e. The zero-order valence-electron chi connectivity index (χ0n) is 18.4. The number of carbonyl (C=O) groups is 1. The van der Waals surface area contributed by atoms with Crippen LogP contribution in [-0.4, -0.2) is 70.3 Å². The molecule has 0 bridgehead atoms. The third-order valence-electron chi connectivity index (χ3n) is 6.61. The van der Waals surface area contributed by atoms with Crippen LogP contribution in [0.3, 0.4) is 0 Å². The van der Waals surface area contributed by atoms with E-state index in [0.29, 0.717) is 17.9 Å². The van der Waals surface area contributed by atoms with Gasteiger partial charge in [0.25, 0.3) is 0 Å². The van der Waals surface area contributed by atoms with E-state index in [0.717, 1.165) is 37.7 Å². The topological polar surface area (TPSA) is 125 Å². The molecule has 2 heterocycles. The van der Waals surface area contributed by atoms with E-state index in [1.807, 2.05) is 4.72 Å². The number of anilines is 3. The van der Waals surface area contributed by atoms with Crippen molar-refractivity contribution in [2.75, 3.05) is 10.2 Å². The zero-order chi connectivity index (χ0) is 24.3. The van der Waals surface area contributed by atoms with Crippen molar-refractivity contribution in [3.8, 4) is 0 Å². The van der Waals surface area contributed by atoms with Crippen molar-refractivity contribution < 1.29 is 18.3 Å². The van der Waals surface area contributed by atoms with Gasteiger partial charge >= 0.3 is 0 Å². The first-order chi connectivity index (χ1) is 16.0. The summed E-state index contributed by atoms with van der Waals surface area (Å²) in [7, 11) is 12.0. The van der Waals surface area contributed by atoms with E-state index < -0.39 is 26.8 Å². The number of nitrogens with zero attached hydrogens (tertiary/aromatic N) is 3. The monoisotopic (exact) mass is 473 g/mol. The largest absolute Gasteiger partial charge is 0.393 e. The molecule has 13 heteroatoms. The van der Waals surface area contributed by atoms with Crippen LogP contribution in [0.5, 0.6) is 0 Å². The Kier molecular flexibility index (Phi) is 5.57. The fraction of sp³-hybridized carbons (Fsp3) is 0.476. The lowest BCUT2D eigenvalue weighted by atomic mass is 9.50. The molecule has 9 nitrogen and oxygen atoms in total. The van der Waals surface area contributed by atoms with Gasteiger partial charge in [-0.05, 0) is 62.8 Å². The zero-order valence-corrected chi connectivity index (χ0v) is 19.3. The number of hydrogen-bond donors (Lipinski definition) is 3. The Bertz CT molecular complexity index is 1230. The first kappa shape index (κ1) is 23.4. The minimum absolute atomic E-state index is 0.0471. The smallest absolute Gasteiger partial charge is 0.239 e. The SMILES string of the molecule is [B]C([B])([B])NS(=O)(=O)c1ccc(Nc2ncc3c(n2)N([C@@H]2CCC[C@@H](O)C2)C(=O)C32CC2)cc1. The number of aliphatic hydroxyl groups is 1. The van der Waals surface area contributed by atoms with Crippen molar-refractivity contribution in [1.29, 1.82) is 0 Å². The molecule has 5 rings (SSSR count). The molecule has 2 atom stereocenters. The number of nitrogens with one attached hydrogen (secondary N) is 2. The summed E-state index contributed by atoms with van der Waals surface area (Å²) in [6.07, 6.45) is 5.80. The summed E-state index contributed by atoms with van der Waals surface area (Å²) in [5, 5.41) is 11.1. The van der Waals surface area contributed by atoms with Crippen molar-refractivity contribution in [1.82, 2.24) is 14.7 Å². The first-order valence-electron chi connectivity index (χ1n) is 11.2. The van der Waals surface area contributed by atoms with Crippen LogP contribution in [0.15, 0.2) is 35.4 Å². The number of aliphatic hydroxyl groups excluding tert-OH is 1. The highest BCUT2D eigenvalue weighted by Gasteiger charge is 2.61. The molecule has 1 aromatic heterocycles. The molecule has 2 aliphatic carbocycles. The highest BCUT2D eigenvalue weighted by molar-refractivity contribution is 7.89. The summed E-state index contributed by atoms with van der Waals surface area (Å²) >= 11 is 0. The molecular weight excluding hydrogens is 451 g/mol. The average Bonchev–Trinajstić information content (AvgIpc) is 3.50. The van der Waals surface area contributed by atoms with Gasteiger partial charge < -0.3 is 10.4 Å². The summed E-state index contributed by atoms with van der Waals surface area (Å²) in [6, 6.07) is 5.72. The van der Waals surface area contributed by atoms with Crippen LogP contribution in [0, 0.1) is 0 Å². The number of sulfonamides is 1. The lowest BCUT2D eigenvalue weighted by Gasteiger charge is -2.33. The Morgan fingerprint density at radius 1 is 1.15 bits per heavy atom. The number of amides is 1. The van der Waals surface area contributed by atoms with E-state index in [9.17, 15) is 18.3 Å². The molecule has 34 heavy (non-hydrogen) atoms. The normalized spacial score (nSPS) is 23.7. The Hall–Kier alpha value is -2.37. The molecule has 1 aliphatic heterocycles. The van der Waals surface area contributed by atoms with E-state index in [2.05, 4.69) is 15.3 Å². The van der Waals surface area contributed by atoms with Crippen LogP contribution >= 0.6 is 0 Å². The second-order valence-corrected chi connectivity index (χ2v) is 11.0. The highest BCUT2D eigenvalue weighted by Crippen LogP contribution is 2.57. The van der Waals surface area contributed by atoms with Crippen molar-refractivity contribution in [3.63, 3.8) is 0 Å². The second-order valence-electron chi connectivity index (χ2n) is 9.35. The van der Waals surface area contributed by atoms with Gasteiger partial charge in [-0.25, -0.2) is 18.1 Å². The van der Waals surface area contributed by atoms with Gasteiger partial charge in [-0.2, -0.15) is 4.98 Å². The summed E-state index contributed by atoms with van der Waals surface area (Å²) in [4.78, 5) is 24.1. The van der Waals surface area contributed by atoms with E-state index in [4.69, 9.17) is 23.5 Å². The number of carbonyl (C=O) groups excluding carboxylic acids is 1. The van der Waals surface area contributed by atoms with E-state index in [-0.39, 0.29) is 22.8 Å². The molecule has 3 N–H and O–H groups in total. The number of benzene rings is 1. The van der Waals surface area contributed by atoms with Gasteiger partial charge in [-0.3, -0.25) is 9.69 Å². The van der Waals surface area contributed by atoms with Crippen LogP contribution in [0.4, 0.5) is 17.5 Å². The van der Waals surface area contributed by atoms with E-state index in [1.54, 1.807) is 23.2 Å². The van der Waals surface area contributed by atoms with E-state index in [1.165, 1.54) is 12.1 Å². The van der Waals surface area contributed by atoms with Gasteiger partial charge in [-0.15, -0.1) is 0 Å². The Morgan fingerprint density at radius 3 is 2.47 bits per heavy atom. The predicted molar refractivity (Wildman–Crippen MR) is 129 cm³/mol. The van der Waals surface area contributed by atoms with Crippen LogP contribution in [0.2, 0.25) is 0 Å². The van der Waals surface area contributed by atoms with Crippen LogP contribution in [0.1, 0.15) is 44.1 Å². The number of aromatic nitrogens is 2. The molecule has 0 saturated heterocycles. The van der Waals surface area contributed by atoms with Gasteiger partial charge in [0, 0.05) is 23.5 Å².